The van der Waals surface area contributed by atoms with E-state index in [9.17, 15) is 17.6 Å². The maximum absolute atomic E-state index is 13.5. The molecule has 0 spiro atoms. The maximum Gasteiger partial charge on any atom is 0.419 e. The van der Waals surface area contributed by atoms with Crippen molar-refractivity contribution >= 4 is 0 Å². The summed E-state index contributed by atoms with van der Waals surface area (Å²) in [6.45, 7) is 1.48. The van der Waals surface area contributed by atoms with Gasteiger partial charge in [0, 0.05) is 18.6 Å². The number of oxazole rings is 1. The molecule has 3 nitrogen and oxygen atoms in total. The van der Waals surface area contributed by atoms with Crippen molar-refractivity contribution in [1.82, 2.24) is 4.98 Å². The van der Waals surface area contributed by atoms with Crippen LogP contribution in [0.25, 0.3) is 11.5 Å². The first kappa shape index (κ1) is 14.5. The van der Waals surface area contributed by atoms with Crippen LogP contribution >= 0.6 is 0 Å². The van der Waals surface area contributed by atoms with Gasteiger partial charge in [-0.3, -0.25) is 0 Å². The lowest BCUT2D eigenvalue weighted by Crippen LogP contribution is -2.07. The summed E-state index contributed by atoms with van der Waals surface area (Å²) in [6, 6.07) is 2.48. The van der Waals surface area contributed by atoms with Crippen molar-refractivity contribution in [1.29, 1.82) is 0 Å². The molecule has 1 aromatic carbocycles. The quantitative estimate of drug-likeness (QED) is 0.881. The Hall–Kier alpha value is -1.89. The molecular formula is C13H11F4NO2. The van der Waals surface area contributed by atoms with Crippen LogP contribution in [0.2, 0.25) is 0 Å². The van der Waals surface area contributed by atoms with Crippen molar-refractivity contribution in [2.75, 3.05) is 6.61 Å². The van der Waals surface area contributed by atoms with Crippen LogP contribution in [0.1, 0.15) is 17.0 Å². The lowest BCUT2D eigenvalue weighted by Gasteiger charge is -2.08. The summed E-state index contributed by atoms with van der Waals surface area (Å²) in [7, 11) is 0. The molecule has 0 saturated heterocycles. The van der Waals surface area contributed by atoms with Crippen molar-refractivity contribution in [2.24, 2.45) is 0 Å². The molecule has 0 fully saturated rings. The Balaban J connectivity index is 2.39. The molecule has 0 bridgehead atoms. The van der Waals surface area contributed by atoms with Gasteiger partial charge in [-0.1, -0.05) is 0 Å². The number of aliphatic hydroxyl groups excluding tert-OH is 1. The van der Waals surface area contributed by atoms with Gasteiger partial charge in [0.05, 0.1) is 11.3 Å². The fraction of sp³-hybridized carbons (Fsp3) is 0.308. The number of aryl methyl sites for hydroxylation is 1. The highest BCUT2D eigenvalue weighted by Gasteiger charge is 2.34. The largest absolute Gasteiger partial charge is 0.441 e. The van der Waals surface area contributed by atoms with E-state index in [1.807, 2.05) is 0 Å². The summed E-state index contributed by atoms with van der Waals surface area (Å²) in [5.74, 6) is -0.914. The maximum atomic E-state index is 13.5. The molecular weight excluding hydrogens is 278 g/mol. The van der Waals surface area contributed by atoms with E-state index in [1.165, 1.54) is 0 Å². The van der Waals surface area contributed by atoms with E-state index in [0.717, 1.165) is 12.1 Å². The standard InChI is InChI=1S/C13H11F4NO2/c1-7-11(4-5-19)18-12(20-7)8-2-3-9(10(14)6-8)13(15,16)17/h2-3,6,19H,4-5H2,1H3. The number of halogens is 4. The first-order chi connectivity index (χ1) is 9.32. The minimum atomic E-state index is -4.74. The number of rotatable bonds is 3. The van der Waals surface area contributed by atoms with Crippen molar-refractivity contribution < 1.29 is 27.1 Å². The molecule has 0 amide bonds. The molecule has 0 saturated carbocycles. The summed E-state index contributed by atoms with van der Waals surface area (Å²) >= 11 is 0. The highest BCUT2D eigenvalue weighted by atomic mass is 19.4. The van der Waals surface area contributed by atoms with Gasteiger partial charge >= 0.3 is 6.18 Å². The third-order valence-electron chi connectivity index (χ3n) is 2.76. The molecule has 0 aliphatic heterocycles. The fourth-order valence-corrected chi connectivity index (χ4v) is 1.77. The van der Waals surface area contributed by atoms with Gasteiger partial charge in [-0.25, -0.2) is 9.37 Å². The Morgan fingerprint density at radius 3 is 2.55 bits per heavy atom. The molecule has 0 aliphatic rings. The first-order valence-electron chi connectivity index (χ1n) is 5.77. The van der Waals surface area contributed by atoms with Crippen LogP contribution < -0.4 is 0 Å². The van der Waals surface area contributed by atoms with Gasteiger partial charge in [0.25, 0.3) is 0 Å². The van der Waals surface area contributed by atoms with Gasteiger partial charge in [0.2, 0.25) is 5.89 Å². The topological polar surface area (TPSA) is 46.3 Å². The Morgan fingerprint density at radius 2 is 2.00 bits per heavy atom. The summed E-state index contributed by atoms with van der Waals surface area (Å²) in [5, 5.41) is 8.83. The zero-order valence-electron chi connectivity index (χ0n) is 10.5. The van der Waals surface area contributed by atoms with Crippen molar-refractivity contribution in [3.05, 3.63) is 41.0 Å². The van der Waals surface area contributed by atoms with E-state index in [4.69, 9.17) is 9.52 Å². The van der Waals surface area contributed by atoms with E-state index in [-0.39, 0.29) is 24.5 Å². The summed E-state index contributed by atoms with van der Waals surface area (Å²) in [4.78, 5) is 4.03. The number of aliphatic hydroxyl groups is 1. The minimum Gasteiger partial charge on any atom is -0.441 e. The van der Waals surface area contributed by atoms with Crippen LogP contribution in [0.3, 0.4) is 0 Å². The second kappa shape index (κ2) is 5.24. The molecule has 1 aromatic heterocycles. The smallest absolute Gasteiger partial charge is 0.419 e. The summed E-state index contributed by atoms with van der Waals surface area (Å²) in [5.41, 5.74) is -0.731. The SMILES string of the molecule is Cc1oc(-c2ccc(C(F)(F)F)c(F)c2)nc1CCO. The lowest BCUT2D eigenvalue weighted by atomic mass is 10.1. The van der Waals surface area contributed by atoms with Crippen molar-refractivity contribution in [2.45, 2.75) is 19.5 Å². The Bertz CT molecular complexity index is 619. The van der Waals surface area contributed by atoms with E-state index in [2.05, 4.69) is 4.98 Å². The Kier molecular flexibility index (Phi) is 3.80. The second-order valence-corrected chi connectivity index (χ2v) is 4.19. The predicted octanol–water partition coefficient (Wildman–Crippen LogP) is 3.34. The molecule has 0 aliphatic carbocycles. The van der Waals surface area contributed by atoms with Gasteiger partial charge in [0.1, 0.15) is 11.6 Å². The van der Waals surface area contributed by atoms with Crippen LogP contribution in [0.15, 0.2) is 22.6 Å². The number of nitrogens with zero attached hydrogens (tertiary/aromatic N) is 1. The lowest BCUT2D eigenvalue weighted by molar-refractivity contribution is -0.139. The molecule has 0 radical (unpaired) electrons. The van der Waals surface area contributed by atoms with E-state index in [1.54, 1.807) is 6.92 Å². The van der Waals surface area contributed by atoms with Crippen LogP contribution in [-0.4, -0.2) is 16.7 Å². The molecule has 0 unspecified atom stereocenters. The van der Waals surface area contributed by atoms with E-state index < -0.39 is 17.6 Å². The molecule has 7 heteroatoms. The normalized spacial score (nSPS) is 11.9. The third kappa shape index (κ3) is 2.82. The summed E-state index contributed by atoms with van der Waals surface area (Å²) in [6.07, 6.45) is -4.48. The van der Waals surface area contributed by atoms with E-state index >= 15 is 0 Å². The molecule has 2 rings (SSSR count). The monoisotopic (exact) mass is 289 g/mol. The molecule has 20 heavy (non-hydrogen) atoms. The number of aromatic nitrogens is 1. The van der Waals surface area contributed by atoms with Crippen LogP contribution in [-0.2, 0) is 12.6 Å². The van der Waals surface area contributed by atoms with Gasteiger partial charge in [0.15, 0.2) is 0 Å². The van der Waals surface area contributed by atoms with Gasteiger partial charge < -0.3 is 9.52 Å². The number of benzene rings is 1. The van der Waals surface area contributed by atoms with Gasteiger partial charge in [-0.2, -0.15) is 13.2 Å². The highest BCUT2D eigenvalue weighted by Crippen LogP contribution is 2.33. The van der Waals surface area contributed by atoms with Crippen LogP contribution in [0.5, 0.6) is 0 Å². The molecule has 1 heterocycles. The highest BCUT2D eigenvalue weighted by molar-refractivity contribution is 5.55. The molecule has 2 aromatic rings. The van der Waals surface area contributed by atoms with Gasteiger partial charge in [-0.05, 0) is 25.1 Å². The third-order valence-corrected chi connectivity index (χ3v) is 2.76. The average Bonchev–Trinajstić information content (AvgIpc) is 2.70. The fourth-order valence-electron chi connectivity index (χ4n) is 1.77. The minimum absolute atomic E-state index is 0.0265. The zero-order valence-corrected chi connectivity index (χ0v) is 10.5. The summed E-state index contributed by atoms with van der Waals surface area (Å²) < 4.78 is 56.1. The number of alkyl halides is 3. The molecule has 1 N–H and O–H groups in total. The van der Waals surface area contributed by atoms with Crippen molar-refractivity contribution in [3.8, 4) is 11.5 Å². The average molecular weight is 289 g/mol. The Labute approximate surface area is 111 Å². The number of hydrogen-bond donors (Lipinski definition) is 1. The number of hydrogen-bond acceptors (Lipinski definition) is 3. The van der Waals surface area contributed by atoms with Crippen LogP contribution in [0.4, 0.5) is 17.6 Å². The zero-order chi connectivity index (χ0) is 14.9. The van der Waals surface area contributed by atoms with Crippen molar-refractivity contribution in [3.63, 3.8) is 0 Å². The molecule has 108 valence electrons. The molecule has 0 atom stereocenters. The Morgan fingerprint density at radius 1 is 1.30 bits per heavy atom. The van der Waals surface area contributed by atoms with E-state index in [0.29, 0.717) is 17.5 Å². The van der Waals surface area contributed by atoms with Crippen LogP contribution in [0, 0.1) is 12.7 Å². The predicted molar refractivity (Wildman–Crippen MR) is 62.4 cm³/mol. The first-order valence-corrected chi connectivity index (χ1v) is 5.77. The second-order valence-electron chi connectivity index (χ2n) is 4.19. The van der Waals surface area contributed by atoms with Gasteiger partial charge in [-0.15, -0.1) is 0 Å².